The standard InChI is InChI=1S/C17H11F3N6O4/c18-9-4-5-14(25(27)28)13(6-9)23-17-22-8-15(26(29)30)16(24-17)21-7-10-11(19)2-1-3-12(10)20/h1-6,8H,7H2,(H2,21,22,23,24). The van der Waals surface area contributed by atoms with E-state index in [4.69, 9.17) is 0 Å². The molecular weight excluding hydrogens is 409 g/mol. The van der Waals surface area contributed by atoms with Crippen LogP contribution in [0.1, 0.15) is 5.56 Å². The second-order valence-corrected chi connectivity index (χ2v) is 5.78. The summed E-state index contributed by atoms with van der Waals surface area (Å²) < 4.78 is 41.0. The quantitative estimate of drug-likeness (QED) is 0.431. The van der Waals surface area contributed by atoms with Gasteiger partial charge in [0.2, 0.25) is 11.8 Å². The van der Waals surface area contributed by atoms with Crippen LogP contribution in [0.15, 0.2) is 42.6 Å². The molecule has 2 N–H and O–H groups in total. The Bertz CT molecular complexity index is 1120. The predicted molar refractivity (Wildman–Crippen MR) is 98.7 cm³/mol. The lowest BCUT2D eigenvalue weighted by molar-refractivity contribution is -0.384. The highest BCUT2D eigenvalue weighted by Gasteiger charge is 2.21. The number of aromatic nitrogens is 2. The third-order valence-electron chi connectivity index (χ3n) is 3.86. The monoisotopic (exact) mass is 420 g/mol. The highest BCUT2D eigenvalue weighted by Crippen LogP contribution is 2.29. The van der Waals surface area contributed by atoms with Gasteiger partial charge in [0.1, 0.15) is 29.3 Å². The second kappa shape index (κ2) is 8.38. The lowest BCUT2D eigenvalue weighted by Gasteiger charge is -2.10. The smallest absolute Gasteiger partial charge is 0.329 e. The van der Waals surface area contributed by atoms with Crippen molar-refractivity contribution in [2.45, 2.75) is 6.54 Å². The molecule has 13 heteroatoms. The first-order valence-electron chi connectivity index (χ1n) is 8.15. The first-order chi connectivity index (χ1) is 14.3. The number of benzene rings is 2. The normalized spacial score (nSPS) is 10.5. The minimum atomic E-state index is -0.868. The third-order valence-corrected chi connectivity index (χ3v) is 3.86. The molecule has 1 heterocycles. The topological polar surface area (TPSA) is 136 Å². The summed E-state index contributed by atoms with van der Waals surface area (Å²) in [4.78, 5) is 28.2. The number of nitro groups is 2. The number of rotatable bonds is 7. The van der Waals surface area contributed by atoms with E-state index in [0.717, 1.165) is 42.6 Å². The van der Waals surface area contributed by atoms with Crippen LogP contribution in [0.4, 0.5) is 42.0 Å². The summed E-state index contributed by atoms with van der Waals surface area (Å²) in [6.45, 7) is -0.476. The number of nitro benzene ring substituents is 1. The molecule has 2 aromatic carbocycles. The van der Waals surface area contributed by atoms with Gasteiger partial charge in [-0.15, -0.1) is 0 Å². The molecule has 3 aromatic rings. The first-order valence-corrected chi connectivity index (χ1v) is 8.15. The minimum absolute atomic E-state index is 0.292. The molecule has 0 aliphatic rings. The average Bonchev–Trinajstić information content (AvgIpc) is 2.67. The molecule has 0 bridgehead atoms. The van der Waals surface area contributed by atoms with E-state index in [1.54, 1.807) is 0 Å². The van der Waals surface area contributed by atoms with E-state index in [-0.39, 0.29) is 17.2 Å². The van der Waals surface area contributed by atoms with Crippen LogP contribution in [0.25, 0.3) is 0 Å². The Labute approximate surface area is 165 Å². The van der Waals surface area contributed by atoms with Gasteiger partial charge in [-0.25, -0.2) is 18.2 Å². The van der Waals surface area contributed by atoms with Crippen molar-refractivity contribution in [2.24, 2.45) is 0 Å². The Morgan fingerprint density at radius 1 is 0.967 bits per heavy atom. The summed E-state index contributed by atoms with van der Waals surface area (Å²) >= 11 is 0. The van der Waals surface area contributed by atoms with Crippen LogP contribution in [0.3, 0.4) is 0 Å². The zero-order valence-corrected chi connectivity index (χ0v) is 14.8. The maximum Gasteiger partial charge on any atom is 0.329 e. The highest BCUT2D eigenvalue weighted by molar-refractivity contribution is 5.68. The van der Waals surface area contributed by atoms with Crippen LogP contribution in [0, 0.1) is 37.7 Å². The molecule has 0 aliphatic carbocycles. The maximum atomic E-state index is 13.8. The van der Waals surface area contributed by atoms with E-state index < -0.39 is 51.0 Å². The zero-order chi connectivity index (χ0) is 21.8. The molecule has 30 heavy (non-hydrogen) atoms. The van der Waals surface area contributed by atoms with Crippen molar-refractivity contribution < 1.29 is 23.0 Å². The van der Waals surface area contributed by atoms with E-state index in [1.807, 2.05) is 0 Å². The number of hydrogen-bond acceptors (Lipinski definition) is 8. The van der Waals surface area contributed by atoms with Gasteiger partial charge in [-0.3, -0.25) is 20.2 Å². The predicted octanol–water partition coefficient (Wildman–Crippen LogP) is 4.07. The minimum Gasteiger partial charge on any atom is -0.360 e. The maximum absolute atomic E-state index is 13.8. The Hall–Kier alpha value is -4.29. The summed E-state index contributed by atoms with van der Waals surface area (Å²) in [5.74, 6) is -3.26. The molecule has 154 valence electrons. The fourth-order valence-electron chi connectivity index (χ4n) is 2.46. The van der Waals surface area contributed by atoms with Crippen LogP contribution >= 0.6 is 0 Å². The van der Waals surface area contributed by atoms with E-state index in [9.17, 15) is 33.4 Å². The van der Waals surface area contributed by atoms with E-state index in [2.05, 4.69) is 20.6 Å². The molecule has 0 aliphatic heterocycles. The number of anilines is 3. The van der Waals surface area contributed by atoms with Gasteiger partial charge >= 0.3 is 5.69 Å². The van der Waals surface area contributed by atoms with Crippen LogP contribution in [0.5, 0.6) is 0 Å². The molecule has 10 nitrogen and oxygen atoms in total. The van der Waals surface area contributed by atoms with Crippen molar-refractivity contribution in [3.63, 3.8) is 0 Å². The van der Waals surface area contributed by atoms with Crippen molar-refractivity contribution in [3.8, 4) is 0 Å². The molecular formula is C17H11F3N6O4. The number of nitrogens with one attached hydrogen (secondary N) is 2. The Kier molecular flexibility index (Phi) is 5.71. The number of nitrogens with zero attached hydrogens (tertiary/aromatic N) is 4. The van der Waals surface area contributed by atoms with Crippen LogP contribution in [-0.4, -0.2) is 19.8 Å². The molecule has 0 atom stereocenters. The van der Waals surface area contributed by atoms with Gasteiger partial charge in [0, 0.05) is 24.2 Å². The Morgan fingerprint density at radius 3 is 2.27 bits per heavy atom. The van der Waals surface area contributed by atoms with Crippen molar-refractivity contribution in [1.29, 1.82) is 0 Å². The SMILES string of the molecule is O=[N+]([O-])c1ccc(F)cc1Nc1ncc([N+](=O)[O-])c(NCc2c(F)cccc2F)n1. The van der Waals surface area contributed by atoms with Gasteiger partial charge in [-0.1, -0.05) is 6.07 Å². The molecule has 0 amide bonds. The Balaban J connectivity index is 1.93. The Morgan fingerprint density at radius 2 is 1.63 bits per heavy atom. The summed E-state index contributed by atoms with van der Waals surface area (Å²) in [6.07, 6.45) is 0.792. The van der Waals surface area contributed by atoms with Crippen molar-refractivity contribution >= 4 is 28.8 Å². The molecule has 1 aromatic heterocycles. The van der Waals surface area contributed by atoms with Gasteiger partial charge < -0.3 is 10.6 Å². The number of halogens is 3. The largest absolute Gasteiger partial charge is 0.360 e. The average molecular weight is 420 g/mol. The third kappa shape index (κ3) is 4.40. The van der Waals surface area contributed by atoms with Crippen molar-refractivity contribution in [3.05, 3.63) is 85.8 Å². The molecule has 0 spiro atoms. The van der Waals surface area contributed by atoms with Crippen molar-refractivity contribution in [1.82, 2.24) is 9.97 Å². The molecule has 0 saturated heterocycles. The van der Waals surface area contributed by atoms with Crippen LogP contribution in [0.2, 0.25) is 0 Å². The van der Waals surface area contributed by atoms with Crippen LogP contribution < -0.4 is 10.6 Å². The summed E-state index contributed by atoms with van der Waals surface area (Å²) in [5.41, 5.74) is -1.76. The fraction of sp³-hybridized carbons (Fsp3) is 0.0588. The lowest BCUT2D eigenvalue weighted by Crippen LogP contribution is -2.10. The van der Waals surface area contributed by atoms with Gasteiger partial charge in [0.15, 0.2) is 0 Å². The fourth-order valence-corrected chi connectivity index (χ4v) is 2.46. The first kappa shape index (κ1) is 20.4. The van der Waals surface area contributed by atoms with E-state index >= 15 is 0 Å². The van der Waals surface area contributed by atoms with E-state index in [0.29, 0.717) is 0 Å². The summed E-state index contributed by atoms with van der Waals surface area (Å²) in [6, 6.07) is 5.83. The zero-order valence-electron chi connectivity index (χ0n) is 14.8. The van der Waals surface area contributed by atoms with Crippen LogP contribution in [-0.2, 0) is 6.54 Å². The van der Waals surface area contributed by atoms with Crippen molar-refractivity contribution in [2.75, 3.05) is 10.6 Å². The summed E-state index contributed by atoms with van der Waals surface area (Å²) in [5, 5.41) is 27.1. The van der Waals surface area contributed by atoms with Gasteiger partial charge in [-0.05, 0) is 18.2 Å². The lowest BCUT2D eigenvalue weighted by atomic mass is 10.2. The van der Waals surface area contributed by atoms with Gasteiger partial charge in [0.25, 0.3) is 5.69 Å². The molecule has 0 unspecified atom stereocenters. The summed E-state index contributed by atoms with van der Waals surface area (Å²) in [7, 11) is 0. The molecule has 0 fully saturated rings. The molecule has 3 rings (SSSR count). The van der Waals surface area contributed by atoms with E-state index in [1.165, 1.54) is 0 Å². The second-order valence-electron chi connectivity index (χ2n) is 5.78. The number of hydrogen-bond donors (Lipinski definition) is 2. The molecule has 0 radical (unpaired) electrons. The highest BCUT2D eigenvalue weighted by atomic mass is 19.1. The van der Waals surface area contributed by atoms with Gasteiger partial charge in [-0.2, -0.15) is 4.98 Å². The molecule has 0 saturated carbocycles. The van der Waals surface area contributed by atoms with Gasteiger partial charge in [0.05, 0.1) is 9.85 Å².